The lowest BCUT2D eigenvalue weighted by Gasteiger charge is -2.20. The molecule has 1 aromatic carbocycles. The van der Waals surface area contributed by atoms with Crippen LogP contribution < -0.4 is 10.2 Å². The maximum absolute atomic E-state index is 12.5. The summed E-state index contributed by atoms with van der Waals surface area (Å²) in [4.78, 5) is 27.5. The van der Waals surface area contributed by atoms with Gasteiger partial charge in [0.05, 0.1) is 0 Å². The molecule has 3 aromatic rings. The number of halogens is 1. The Bertz CT molecular complexity index is 1070. The molecule has 0 fully saturated rings. The van der Waals surface area contributed by atoms with Crippen molar-refractivity contribution in [3.8, 4) is 0 Å². The quantitative estimate of drug-likeness (QED) is 0.187. The average molecular weight is 466 g/mol. The highest BCUT2D eigenvalue weighted by atomic mass is 35.5. The zero-order valence-electron chi connectivity index (χ0n) is 17.6. The number of hydrogen-bond acceptors (Lipinski definition) is 6. The number of nitrogens with zero attached hydrogens (tertiary/aromatic N) is 4. The smallest absolute Gasteiger partial charge is 0.251 e. The molecule has 0 spiro atoms. The first-order chi connectivity index (χ1) is 15.6. The number of rotatable bonds is 11. The van der Waals surface area contributed by atoms with Crippen LogP contribution in [-0.4, -0.2) is 33.9 Å². The Morgan fingerprint density at radius 2 is 1.81 bits per heavy atom. The van der Waals surface area contributed by atoms with E-state index in [4.69, 9.17) is 11.6 Å². The fraction of sp³-hybridized carbons (Fsp3) is 0.167. The van der Waals surface area contributed by atoms with Gasteiger partial charge >= 0.3 is 0 Å². The van der Waals surface area contributed by atoms with Gasteiger partial charge in [-0.1, -0.05) is 47.6 Å². The van der Waals surface area contributed by atoms with E-state index < -0.39 is 0 Å². The van der Waals surface area contributed by atoms with Crippen LogP contribution in [0.25, 0.3) is 0 Å². The van der Waals surface area contributed by atoms with Crippen LogP contribution in [0.3, 0.4) is 0 Å². The summed E-state index contributed by atoms with van der Waals surface area (Å²) in [6.07, 6.45) is 7.02. The summed E-state index contributed by atoms with van der Waals surface area (Å²) in [5, 5.41) is 3.87. The van der Waals surface area contributed by atoms with Gasteiger partial charge in [-0.15, -0.1) is 13.2 Å². The third-order valence-corrected chi connectivity index (χ3v) is 5.56. The number of amides is 1. The maximum Gasteiger partial charge on any atom is 0.251 e. The molecule has 32 heavy (non-hydrogen) atoms. The monoisotopic (exact) mass is 465 g/mol. The first-order valence-electron chi connectivity index (χ1n) is 9.99. The molecule has 0 saturated carbocycles. The van der Waals surface area contributed by atoms with E-state index in [-0.39, 0.29) is 5.91 Å². The van der Waals surface area contributed by atoms with Crippen molar-refractivity contribution in [2.24, 2.45) is 0 Å². The number of hydrogen-bond donors (Lipinski definition) is 1. The van der Waals surface area contributed by atoms with Gasteiger partial charge in [0.15, 0.2) is 5.16 Å². The van der Waals surface area contributed by atoms with Gasteiger partial charge in [0.25, 0.3) is 5.91 Å². The molecular weight excluding hydrogens is 442 g/mol. The van der Waals surface area contributed by atoms with Crippen LogP contribution in [0.2, 0.25) is 5.15 Å². The number of thioether (sulfide) groups is 1. The minimum absolute atomic E-state index is 0.126. The summed E-state index contributed by atoms with van der Waals surface area (Å²) in [5.74, 6) is 1.20. The zero-order chi connectivity index (χ0) is 22.8. The van der Waals surface area contributed by atoms with Crippen LogP contribution >= 0.6 is 23.4 Å². The van der Waals surface area contributed by atoms with E-state index in [1.807, 2.05) is 35.2 Å². The highest BCUT2D eigenvalue weighted by Gasteiger charge is 2.11. The number of nitrogens with one attached hydrogen (secondary N) is 1. The van der Waals surface area contributed by atoms with E-state index >= 15 is 0 Å². The lowest BCUT2D eigenvalue weighted by Crippen LogP contribution is -2.24. The Balaban J connectivity index is 1.65. The first-order valence-corrected chi connectivity index (χ1v) is 11.4. The highest BCUT2D eigenvalue weighted by molar-refractivity contribution is 7.98. The standard InChI is InChI=1S/C24H24ClN5OS/c1-3-12-30(13-4-2)22-15-21(25)28-24(29-22)32-17-19-6-5-7-20(14-19)23(31)27-16-18-8-10-26-11-9-18/h3-11,14-15H,1-2,12-13,16-17H2,(H,27,31). The summed E-state index contributed by atoms with van der Waals surface area (Å²) in [6, 6.07) is 13.0. The number of carbonyl (C=O) groups is 1. The van der Waals surface area contributed by atoms with Crippen LogP contribution in [0.15, 0.2) is 85.3 Å². The fourth-order valence-electron chi connectivity index (χ4n) is 2.92. The normalized spacial score (nSPS) is 10.4. The minimum atomic E-state index is -0.126. The van der Waals surface area contributed by atoms with Crippen molar-refractivity contribution in [2.45, 2.75) is 17.5 Å². The Morgan fingerprint density at radius 1 is 1.06 bits per heavy atom. The number of benzene rings is 1. The SMILES string of the molecule is C=CCN(CC=C)c1cc(Cl)nc(SCc2cccc(C(=O)NCc3ccncc3)c2)n1. The molecule has 2 heterocycles. The predicted octanol–water partition coefficient (Wildman–Crippen LogP) is 4.93. The van der Waals surface area contributed by atoms with Crippen molar-refractivity contribution in [3.63, 3.8) is 0 Å². The fourth-order valence-corrected chi connectivity index (χ4v) is 3.94. The molecule has 0 aliphatic heterocycles. The van der Waals surface area contributed by atoms with Gasteiger partial charge in [0.1, 0.15) is 11.0 Å². The van der Waals surface area contributed by atoms with Gasteiger partial charge in [0, 0.05) is 49.4 Å². The highest BCUT2D eigenvalue weighted by Crippen LogP contribution is 2.25. The summed E-state index contributed by atoms with van der Waals surface area (Å²) in [5.41, 5.74) is 2.59. The molecule has 0 aliphatic rings. The zero-order valence-corrected chi connectivity index (χ0v) is 19.1. The van der Waals surface area contributed by atoms with Gasteiger partial charge in [-0.05, 0) is 35.4 Å². The molecule has 1 amide bonds. The average Bonchev–Trinajstić information content (AvgIpc) is 2.81. The van der Waals surface area contributed by atoms with E-state index in [1.165, 1.54) is 11.8 Å². The summed E-state index contributed by atoms with van der Waals surface area (Å²) in [6.45, 7) is 9.28. The number of carbonyl (C=O) groups excluding carboxylic acids is 1. The van der Waals surface area contributed by atoms with Crippen LogP contribution in [0.4, 0.5) is 5.82 Å². The second kappa shape index (κ2) is 12.0. The van der Waals surface area contributed by atoms with Gasteiger partial charge in [-0.3, -0.25) is 9.78 Å². The molecule has 6 nitrogen and oxygen atoms in total. The summed E-state index contributed by atoms with van der Waals surface area (Å²) < 4.78 is 0. The van der Waals surface area contributed by atoms with Crippen molar-refractivity contribution >= 4 is 35.1 Å². The maximum atomic E-state index is 12.5. The Kier molecular flexibility index (Phi) is 8.83. The predicted molar refractivity (Wildman–Crippen MR) is 131 cm³/mol. The summed E-state index contributed by atoms with van der Waals surface area (Å²) in [7, 11) is 0. The molecular formula is C24H24ClN5OS. The lowest BCUT2D eigenvalue weighted by atomic mass is 10.1. The topological polar surface area (TPSA) is 71.0 Å². The molecule has 0 saturated heterocycles. The van der Waals surface area contributed by atoms with E-state index in [0.717, 1.165) is 16.9 Å². The van der Waals surface area contributed by atoms with Crippen LogP contribution in [-0.2, 0) is 12.3 Å². The summed E-state index contributed by atoms with van der Waals surface area (Å²) >= 11 is 7.69. The molecule has 164 valence electrons. The van der Waals surface area contributed by atoms with E-state index in [2.05, 4.69) is 33.4 Å². The lowest BCUT2D eigenvalue weighted by molar-refractivity contribution is 0.0951. The molecule has 0 aliphatic carbocycles. The Hall–Kier alpha value is -3.16. The van der Waals surface area contributed by atoms with Crippen molar-refractivity contribution in [1.29, 1.82) is 0 Å². The third-order valence-electron chi connectivity index (χ3n) is 4.44. The van der Waals surface area contributed by atoms with Crippen LogP contribution in [0, 0.1) is 0 Å². The van der Waals surface area contributed by atoms with Crippen molar-refractivity contribution in [1.82, 2.24) is 20.3 Å². The van der Waals surface area contributed by atoms with Gasteiger partial charge in [0.2, 0.25) is 0 Å². The third kappa shape index (κ3) is 6.93. The minimum Gasteiger partial charge on any atom is -0.349 e. The second-order valence-electron chi connectivity index (χ2n) is 6.84. The molecule has 3 rings (SSSR count). The van der Waals surface area contributed by atoms with Crippen LogP contribution in [0.1, 0.15) is 21.5 Å². The molecule has 0 radical (unpaired) electrons. The van der Waals surface area contributed by atoms with E-state index in [1.54, 1.807) is 36.7 Å². The van der Waals surface area contributed by atoms with Gasteiger partial charge < -0.3 is 10.2 Å². The first kappa shape index (κ1) is 23.5. The Labute approximate surface area is 197 Å². The second-order valence-corrected chi connectivity index (χ2v) is 8.17. The molecule has 8 heteroatoms. The van der Waals surface area contributed by atoms with E-state index in [0.29, 0.717) is 41.3 Å². The number of anilines is 1. The van der Waals surface area contributed by atoms with Gasteiger partial charge in [-0.25, -0.2) is 9.97 Å². The molecule has 0 unspecified atom stereocenters. The molecule has 1 N–H and O–H groups in total. The van der Waals surface area contributed by atoms with Crippen molar-refractivity contribution < 1.29 is 4.79 Å². The number of pyridine rings is 1. The van der Waals surface area contributed by atoms with Gasteiger partial charge in [-0.2, -0.15) is 0 Å². The number of aromatic nitrogens is 3. The molecule has 0 atom stereocenters. The molecule has 0 bridgehead atoms. The van der Waals surface area contributed by atoms with E-state index in [9.17, 15) is 4.79 Å². The molecule has 2 aromatic heterocycles. The van der Waals surface area contributed by atoms with Crippen molar-refractivity contribution in [2.75, 3.05) is 18.0 Å². The Morgan fingerprint density at radius 3 is 2.53 bits per heavy atom. The largest absolute Gasteiger partial charge is 0.349 e. The van der Waals surface area contributed by atoms with Crippen molar-refractivity contribution in [3.05, 3.63) is 102 Å². The van der Waals surface area contributed by atoms with Crippen LogP contribution in [0.5, 0.6) is 0 Å².